The summed E-state index contributed by atoms with van der Waals surface area (Å²) >= 11 is 0. The molecule has 112 valence electrons. The first-order valence-electron chi connectivity index (χ1n) is 7.75. The van der Waals surface area contributed by atoms with Crippen LogP contribution in [0.1, 0.15) is 38.7 Å². The maximum Gasteiger partial charge on any atom is 0.119 e. The lowest BCUT2D eigenvalue weighted by Gasteiger charge is -2.21. The minimum Gasteiger partial charge on any atom is -0.489 e. The molecule has 0 radical (unpaired) electrons. The molecule has 2 aromatic carbocycles. The average molecular weight is 283 g/mol. The second-order valence-electron chi connectivity index (χ2n) is 5.58. The fourth-order valence-corrected chi connectivity index (χ4v) is 2.35. The summed E-state index contributed by atoms with van der Waals surface area (Å²) in [5.74, 6) is 1.45. The molecule has 21 heavy (non-hydrogen) atoms. The molecular formula is C19H25NO. The lowest BCUT2D eigenvalue weighted by molar-refractivity contribution is 0.210. The first kappa shape index (κ1) is 15.4. The Balaban J connectivity index is 1.97. The topological polar surface area (TPSA) is 21.3 Å². The molecule has 0 saturated heterocycles. The minimum absolute atomic E-state index is 0.174. The molecule has 0 aliphatic rings. The summed E-state index contributed by atoms with van der Waals surface area (Å²) in [6, 6.07) is 18.5. The van der Waals surface area contributed by atoms with E-state index in [-0.39, 0.29) is 6.10 Å². The van der Waals surface area contributed by atoms with E-state index in [1.807, 2.05) is 30.3 Å². The highest BCUT2D eigenvalue weighted by Crippen LogP contribution is 2.24. The van der Waals surface area contributed by atoms with Crippen LogP contribution in [0.5, 0.6) is 5.75 Å². The molecule has 2 heteroatoms. The lowest BCUT2D eigenvalue weighted by Crippen LogP contribution is -2.25. The molecule has 0 spiro atoms. The van der Waals surface area contributed by atoms with Crippen LogP contribution in [0.15, 0.2) is 54.6 Å². The van der Waals surface area contributed by atoms with Gasteiger partial charge in [0, 0.05) is 5.69 Å². The van der Waals surface area contributed by atoms with Crippen molar-refractivity contribution in [3.05, 3.63) is 60.2 Å². The Labute approximate surface area is 128 Å². The molecule has 2 rings (SSSR count). The zero-order valence-corrected chi connectivity index (χ0v) is 13.2. The normalized spacial score (nSPS) is 12.2. The molecule has 1 unspecified atom stereocenters. The van der Waals surface area contributed by atoms with Gasteiger partial charge in [-0.3, -0.25) is 0 Å². The summed E-state index contributed by atoms with van der Waals surface area (Å²) in [6.07, 6.45) is 1.15. The number of rotatable bonds is 7. The zero-order chi connectivity index (χ0) is 15.1. The second kappa shape index (κ2) is 7.72. The molecule has 0 fully saturated rings. The van der Waals surface area contributed by atoms with Gasteiger partial charge in [-0.15, -0.1) is 0 Å². The third-order valence-corrected chi connectivity index (χ3v) is 3.60. The number of ether oxygens (including phenoxy) is 1. The maximum absolute atomic E-state index is 6.02. The van der Waals surface area contributed by atoms with Crippen LogP contribution in [0.4, 0.5) is 5.69 Å². The summed E-state index contributed by atoms with van der Waals surface area (Å²) in [4.78, 5) is 0. The number of nitrogens with one attached hydrogen (secondary N) is 1. The van der Waals surface area contributed by atoms with Crippen LogP contribution < -0.4 is 10.1 Å². The fourth-order valence-electron chi connectivity index (χ4n) is 2.35. The van der Waals surface area contributed by atoms with Gasteiger partial charge in [-0.05, 0) is 36.1 Å². The van der Waals surface area contributed by atoms with E-state index in [2.05, 4.69) is 50.4 Å². The van der Waals surface area contributed by atoms with Crippen molar-refractivity contribution in [1.29, 1.82) is 0 Å². The van der Waals surface area contributed by atoms with Gasteiger partial charge in [0.15, 0.2) is 0 Å². The lowest BCUT2D eigenvalue weighted by atomic mass is 10.0. The van der Waals surface area contributed by atoms with Crippen molar-refractivity contribution < 1.29 is 4.74 Å². The number of benzene rings is 2. The van der Waals surface area contributed by atoms with Gasteiger partial charge >= 0.3 is 0 Å². The Morgan fingerprint density at radius 2 is 1.62 bits per heavy atom. The zero-order valence-electron chi connectivity index (χ0n) is 13.2. The van der Waals surface area contributed by atoms with E-state index in [0.717, 1.165) is 18.7 Å². The van der Waals surface area contributed by atoms with Gasteiger partial charge in [-0.2, -0.15) is 0 Å². The number of hydrogen-bond acceptors (Lipinski definition) is 2. The van der Waals surface area contributed by atoms with Crippen molar-refractivity contribution in [3.63, 3.8) is 0 Å². The van der Waals surface area contributed by atoms with E-state index < -0.39 is 0 Å². The van der Waals surface area contributed by atoms with E-state index >= 15 is 0 Å². The van der Waals surface area contributed by atoms with E-state index in [4.69, 9.17) is 4.74 Å². The van der Waals surface area contributed by atoms with E-state index in [1.165, 1.54) is 11.3 Å². The minimum atomic E-state index is 0.174. The third-order valence-electron chi connectivity index (χ3n) is 3.60. The Kier molecular flexibility index (Phi) is 5.68. The molecule has 1 atom stereocenters. The van der Waals surface area contributed by atoms with Gasteiger partial charge in [0.1, 0.15) is 11.9 Å². The Morgan fingerprint density at radius 3 is 2.29 bits per heavy atom. The predicted octanol–water partition coefficient (Wildman–Crippen LogP) is 5.08. The van der Waals surface area contributed by atoms with Crippen LogP contribution in [-0.2, 0) is 0 Å². The molecule has 0 bridgehead atoms. The molecule has 0 saturated carbocycles. The summed E-state index contributed by atoms with van der Waals surface area (Å²) in [7, 11) is 0. The molecule has 0 heterocycles. The van der Waals surface area contributed by atoms with Gasteiger partial charge < -0.3 is 10.1 Å². The Bertz CT molecular complexity index is 536. The van der Waals surface area contributed by atoms with Crippen molar-refractivity contribution in [1.82, 2.24) is 0 Å². The fraction of sp³-hybridized carbons (Fsp3) is 0.368. The summed E-state index contributed by atoms with van der Waals surface area (Å²) in [6.45, 7) is 7.41. The number of anilines is 1. The summed E-state index contributed by atoms with van der Waals surface area (Å²) < 4.78 is 6.02. The molecule has 0 aliphatic heterocycles. The Hall–Kier alpha value is -1.96. The van der Waals surface area contributed by atoms with E-state index in [1.54, 1.807) is 0 Å². The number of para-hydroxylation sites is 2. The van der Waals surface area contributed by atoms with Crippen molar-refractivity contribution in [2.45, 2.75) is 39.2 Å². The molecule has 1 N–H and O–H groups in total. The van der Waals surface area contributed by atoms with Crippen molar-refractivity contribution in [2.24, 2.45) is 0 Å². The van der Waals surface area contributed by atoms with Crippen molar-refractivity contribution in [3.8, 4) is 5.75 Å². The largest absolute Gasteiger partial charge is 0.489 e. The van der Waals surface area contributed by atoms with Crippen LogP contribution in [0, 0.1) is 0 Å². The highest BCUT2D eigenvalue weighted by Gasteiger charge is 2.10. The van der Waals surface area contributed by atoms with Gasteiger partial charge in [0.05, 0.1) is 6.54 Å². The standard InChI is InChI=1S/C19H25NO/c1-4-16(21-17-10-6-5-7-11-17)14-20-19-13-9-8-12-18(19)15(2)3/h5-13,15-16,20H,4,14H2,1-3H3. The molecule has 0 amide bonds. The SMILES string of the molecule is CCC(CNc1ccccc1C(C)C)Oc1ccccc1. The maximum atomic E-state index is 6.02. The van der Waals surface area contributed by atoms with Gasteiger partial charge in [0.25, 0.3) is 0 Å². The first-order valence-corrected chi connectivity index (χ1v) is 7.75. The van der Waals surface area contributed by atoms with Crippen molar-refractivity contribution >= 4 is 5.69 Å². The molecule has 2 nitrogen and oxygen atoms in total. The molecule has 0 aromatic heterocycles. The van der Waals surface area contributed by atoms with Crippen molar-refractivity contribution in [2.75, 3.05) is 11.9 Å². The van der Waals surface area contributed by atoms with Crippen LogP contribution in [0.3, 0.4) is 0 Å². The predicted molar refractivity (Wildman–Crippen MR) is 90.2 cm³/mol. The smallest absolute Gasteiger partial charge is 0.119 e. The highest BCUT2D eigenvalue weighted by atomic mass is 16.5. The first-order chi connectivity index (χ1) is 10.2. The van der Waals surface area contributed by atoms with Gasteiger partial charge in [0.2, 0.25) is 0 Å². The Morgan fingerprint density at radius 1 is 0.952 bits per heavy atom. The van der Waals surface area contributed by atoms with Crippen LogP contribution in [0.2, 0.25) is 0 Å². The third kappa shape index (κ3) is 4.52. The monoisotopic (exact) mass is 283 g/mol. The summed E-state index contributed by atoms with van der Waals surface area (Å²) in [5.41, 5.74) is 2.56. The number of hydrogen-bond donors (Lipinski definition) is 1. The van der Waals surface area contributed by atoms with Crippen LogP contribution in [0.25, 0.3) is 0 Å². The van der Waals surface area contributed by atoms with Crippen LogP contribution >= 0.6 is 0 Å². The van der Waals surface area contributed by atoms with Gasteiger partial charge in [-0.1, -0.05) is 57.2 Å². The second-order valence-corrected chi connectivity index (χ2v) is 5.58. The highest BCUT2D eigenvalue weighted by molar-refractivity contribution is 5.52. The van der Waals surface area contributed by atoms with E-state index in [9.17, 15) is 0 Å². The quantitative estimate of drug-likeness (QED) is 0.765. The molecule has 0 aliphatic carbocycles. The average Bonchev–Trinajstić information content (AvgIpc) is 2.52. The molecular weight excluding hydrogens is 258 g/mol. The van der Waals surface area contributed by atoms with Gasteiger partial charge in [-0.25, -0.2) is 0 Å². The summed E-state index contributed by atoms with van der Waals surface area (Å²) in [5, 5.41) is 3.54. The van der Waals surface area contributed by atoms with E-state index in [0.29, 0.717) is 5.92 Å². The molecule has 2 aromatic rings. The van der Waals surface area contributed by atoms with Crippen LogP contribution in [-0.4, -0.2) is 12.6 Å².